The zero-order chi connectivity index (χ0) is 13.0. The summed E-state index contributed by atoms with van der Waals surface area (Å²) in [5, 5.41) is 0.833. The summed E-state index contributed by atoms with van der Waals surface area (Å²) < 4.78 is 23.4. The first-order valence-electron chi connectivity index (χ1n) is 5.11. The summed E-state index contributed by atoms with van der Waals surface area (Å²) in [5.41, 5.74) is 0. The molecule has 0 N–H and O–H groups in total. The first kappa shape index (κ1) is 13.0. The Kier molecular flexibility index (Phi) is 4.28. The van der Waals surface area contributed by atoms with Crippen LogP contribution >= 0.6 is 23.2 Å². The molecule has 0 aliphatic rings. The molecule has 0 spiro atoms. The molecule has 18 heavy (non-hydrogen) atoms. The molecule has 2 rings (SSSR count). The quantitative estimate of drug-likeness (QED) is 0.768. The Morgan fingerprint density at radius 3 is 2.33 bits per heavy atom. The Morgan fingerprint density at radius 2 is 1.67 bits per heavy atom. The van der Waals surface area contributed by atoms with Crippen LogP contribution < -0.4 is 9.47 Å². The Bertz CT molecular complexity index is 529. The Morgan fingerprint density at radius 1 is 0.944 bits per heavy atom. The Labute approximate surface area is 114 Å². The minimum absolute atomic E-state index is 0.0208. The smallest absolute Gasteiger partial charge is 0.230 e. The fourth-order valence-electron chi connectivity index (χ4n) is 1.28. The van der Waals surface area contributed by atoms with Crippen LogP contribution in [-0.2, 0) is 0 Å². The topological polar surface area (TPSA) is 18.5 Å². The van der Waals surface area contributed by atoms with E-state index < -0.39 is 5.82 Å². The van der Waals surface area contributed by atoms with Gasteiger partial charge in [0, 0.05) is 5.02 Å². The highest BCUT2D eigenvalue weighted by atomic mass is 35.5. The third kappa shape index (κ3) is 3.52. The van der Waals surface area contributed by atoms with Gasteiger partial charge in [0.25, 0.3) is 0 Å². The molecule has 0 unspecified atom stereocenters. The van der Waals surface area contributed by atoms with Crippen molar-refractivity contribution in [2.75, 3.05) is 6.79 Å². The standard InChI is InChI=1S/C13H9Cl2FO2/c14-9-1-4-11(5-2-9)17-8-18-13-6-3-10(16)7-12(13)15/h1-7H,8H2. The van der Waals surface area contributed by atoms with Crippen LogP contribution in [0.2, 0.25) is 10.0 Å². The van der Waals surface area contributed by atoms with Gasteiger partial charge in [-0.1, -0.05) is 23.2 Å². The van der Waals surface area contributed by atoms with Gasteiger partial charge < -0.3 is 9.47 Å². The number of hydrogen-bond donors (Lipinski definition) is 0. The first-order chi connectivity index (χ1) is 8.65. The fourth-order valence-corrected chi connectivity index (χ4v) is 1.63. The molecule has 0 aromatic heterocycles. The molecule has 5 heteroatoms. The van der Waals surface area contributed by atoms with Crippen molar-refractivity contribution in [3.8, 4) is 11.5 Å². The minimum atomic E-state index is -0.411. The van der Waals surface area contributed by atoms with Crippen molar-refractivity contribution in [2.24, 2.45) is 0 Å². The number of rotatable bonds is 4. The molecule has 2 aromatic rings. The van der Waals surface area contributed by atoms with E-state index >= 15 is 0 Å². The summed E-state index contributed by atoms with van der Waals surface area (Å²) >= 11 is 11.5. The van der Waals surface area contributed by atoms with Crippen molar-refractivity contribution < 1.29 is 13.9 Å². The van der Waals surface area contributed by atoms with Crippen LogP contribution in [0.5, 0.6) is 11.5 Å². The maximum atomic E-state index is 12.8. The lowest BCUT2D eigenvalue weighted by atomic mass is 10.3. The molecule has 0 saturated carbocycles. The summed E-state index contributed by atoms with van der Waals surface area (Å²) in [5.74, 6) is 0.579. The van der Waals surface area contributed by atoms with Crippen LogP contribution in [0, 0.1) is 5.82 Å². The molecular weight excluding hydrogens is 278 g/mol. The average molecular weight is 287 g/mol. The molecule has 94 valence electrons. The highest BCUT2D eigenvalue weighted by molar-refractivity contribution is 6.32. The lowest BCUT2D eigenvalue weighted by molar-refractivity contribution is 0.120. The number of benzene rings is 2. The zero-order valence-corrected chi connectivity index (χ0v) is 10.7. The predicted octanol–water partition coefficient (Wildman–Crippen LogP) is 4.55. The van der Waals surface area contributed by atoms with Crippen molar-refractivity contribution in [1.29, 1.82) is 0 Å². The van der Waals surface area contributed by atoms with Crippen molar-refractivity contribution in [3.05, 3.63) is 58.3 Å². The summed E-state index contributed by atoms with van der Waals surface area (Å²) in [6, 6.07) is 10.8. The average Bonchev–Trinajstić information content (AvgIpc) is 2.34. The second-order valence-corrected chi connectivity index (χ2v) is 4.28. The monoisotopic (exact) mass is 286 g/mol. The van der Waals surface area contributed by atoms with E-state index in [-0.39, 0.29) is 11.8 Å². The third-order valence-corrected chi connectivity index (χ3v) is 2.69. The van der Waals surface area contributed by atoms with E-state index in [1.807, 2.05) is 0 Å². The molecule has 0 amide bonds. The maximum Gasteiger partial charge on any atom is 0.230 e. The highest BCUT2D eigenvalue weighted by Crippen LogP contribution is 2.25. The molecule has 0 heterocycles. The SMILES string of the molecule is Fc1ccc(OCOc2ccc(Cl)cc2)c(Cl)c1. The number of halogens is 3. The molecule has 0 atom stereocenters. The van der Waals surface area contributed by atoms with E-state index in [2.05, 4.69) is 0 Å². The molecular formula is C13H9Cl2FO2. The molecule has 0 radical (unpaired) electrons. The second kappa shape index (κ2) is 5.94. The van der Waals surface area contributed by atoms with Crippen LogP contribution in [-0.4, -0.2) is 6.79 Å². The van der Waals surface area contributed by atoms with Gasteiger partial charge in [-0.15, -0.1) is 0 Å². The van der Waals surface area contributed by atoms with Crippen LogP contribution in [0.15, 0.2) is 42.5 Å². The molecule has 0 aliphatic carbocycles. The van der Waals surface area contributed by atoms with E-state index in [0.717, 1.165) is 0 Å². The van der Waals surface area contributed by atoms with Gasteiger partial charge >= 0.3 is 0 Å². The second-order valence-electron chi connectivity index (χ2n) is 3.44. The van der Waals surface area contributed by atoms with Gasteiger partial charge in [-0.2, -0.15) is 0 Å². The normalized spacial score (nSPS) is 10.2. The molecule has 0 saturated heterocycles. The maximum absolute atomic E-state index is 12.8. The van der Waals surface area contributed by atoms with Crippen molar-refractivity contribution in [2.45, 2.75) is 0 Å². The van der Waals surface area contributed by atoms with E-state index in [4.69, 9.17) is 32.7 Å². The van der Waals surface area contributed by atoms with Gasteiger partial charge in [-0.05, 0) is 42.5 Å². The largest absolute Gasteiger partial charge is 0.457 e. The lowest BCUT2D eigenvalue weighted by Crippen LogP contribution is -2.05. The fraction of sp³-hybridized carbons (Fsp3) is 0.0769. The van der Waals surface area contributed by atoms with Gasteiger partial charge in [0.2, 0.25) is 6.79 Å². The molecule has 2 aromatic carbocycles. The summed E-state index contributed by atoms with van der Waals surface area (Å²) in [6.07, 6.45) is 0. The Hall–Kier alpha value is -1.45. The van der Waals surface area contributed by atoms with Gasteiger partial charge in [0.15, 0.2) is 0 Å². The van der Waals surface area contributed by atoms with Gasteiger partial charge in [0.05, 0.1) is 5.02 Å². The van der Waals surface area contributed by atoms with E-state index in [1.54, 1.807) is 24.3 Å². The lowest BCUT2D eigenvalue weighted by Gasteiger charge is -2.09. The first-order valence-corrected chi connectivity index (χ1v) is 5.87. The van der Waals surface area contributed by atoms with Crippen molar-refractivity contribution in [1.82, 2.24) is 0 Å². The van der Waals surface area contributed by atoms with Gasteiger partial charge in [-0.25, -0.2) is 4.39 Å². The van der Waals surface area contributed by atoms with Crippen LogP contribution in [0.1, 0.15) is 0 Å². The Balaban J connectivity index is 1.90. The number of ether oxygens (including phenoxy) is 2. The van der Waals surface area contributed by atoms with E-state index in [9.17, 15) is 4.39 Å². The highest BCUT2D eigenvalue weighted by Gasteiger charge is 2.03. The van der Waals surface area contributed by atoms with Crippen LogP contribution in [0.3, 0.4) is 0 Å². The predicted molar refractivity (Wildman–Crippen MR) is 69.0 cm³/mol. The molecule has 0 bridgehead atoms. The molecule has 2 nitrogen and oxygen atoms in total. The molecule has 0 fully saturated rings. The van der Waals surface area contributed by atoms with Gasteiger partial charge in [0.1, 0.15) is 17.3 Å². The minimum Gasteiger partial charge on any atom is -0.457 e. The summed E-state index contributed by atoms with van der Waals surface area (Å²) in [4.78, 5) is 0. The van der Waals surface area contributed by atoms with Gasteiger partial charge in [-0.3, -0.25) is 0 Å². The van der Waals surface area contributed by atoms with Crippen molar-refractivity contribution >= 4 is 23.2 Å². The van der Waals surface area contributed by atoms with Crippen LogP contribution in [0.25, 0.3) is 0 Å². The van der Waals surface area contributed by atoms with Crippen molar-refractivity contribution in [3.63, 3.8) is 0 Å². The zero-order valence-electron chi connectivity index (χ0n) is 9.20. The van der Waals surface area contributed by atoms with E-state index in [0.29, 0.717) is 16.5 Å². The van der Waals surface area contributed by atoms with Crippen LogP contribution in [0.4, 0.5) is 4.39 Å². The molecule has 0 aliphatic heterocycles. The number of hydrogen-bond acceptors (Lipinski definition) is 2. The summed E-state index contributed by atoms with van der Waals surface area (Å²) in [6.45, 7) is -0.0208. The third-order valence-electron chi connectivity index (χ3n) is 2.15. The van der Waals surface area contributed by atoms with E-state index in [1.165, 1.54) is 18.2 Å². The summed E-state index contributed by atoms with van der Waals surface area (Å²) in [7, 11) is 0.